The highest BCUT2D eigenvalue weighted by Gasteiger charge is 2.42. The molecule has 4 heteroatoms. The first kappa shape index (κ1) is 19.6. The van der Waals surface area contributed by atoms with Crippen molar-refractivity contribution in [3.63, 3.8) is 0 Å². The molecule has 0 amide bonds. The molecule has 0 aliphatic carbocycles. The molecule has 1 saturated heterocycles. The maximum absolute atomic E-state index is 6.11. The Balaban J connectivity index is 2.68. The van der Waals surface area contributed by atoms with Crippen LogP contribution in [0.15, 0.2) is 12.2 Å². The first-order valence-electron chi connectivity index (χ1n) is 8.45. The van der Waals surface area contributed by atoms with Gasteiger partial charge in [0.2, 0.25) is 0 Å². The van der Waals surface area contributed by atoms with Gasteiger partial charge in [-0.05, 0) is 26.2 Å². The summed E-state index contributed by atoms with van der Waals surface area (Å²) >= 11 is 0. The van der Waals surface area contributed by atoms with E-state index in [1.165, 1.54) is 0 Å². The summed E-state index contributed by atoms with van der Waals surface area (Å²) in [5.74, 6) is 0.198. The van der Waals surface area contributed by atoms with Gasteiger partial charge in [0, 0.05) is 13.0 Å². The number of rotatable bonds is 9. The highest BCUT2D eigenvalue weighted by Crippen LogP contribution is 2.34. The van der Waals surface area contributed by atoms with E-state index in [9.17, 15) is 0 Å². The van der Waals surface area contributed by atoms with E-state index in [-0.39, 0.29) is 24.2 Å². The van der Waals surface area contributed by atoms with Gasteiger partial charge in [-0.2, -0.15) is 0 Å². The fourth-order valence-corrected chi connectivity index (χ4v) is 2.83. The van der Waals surface area contributed by atoms with Crippen molar-refractivity contribution in [3.8, 4) is 0 Å². The van der Waals surface area contributed by atoms with Crippen molar-refractivity contribution < 1.29 is 18.9 Å². The molecule has 0 bridgehead atoms. The third kappa shape index (κ3) is 5.99. The van der Waals surface area contributed by atoms with E-state index in [0.717, 1.165) is 12.8 Å². The van der Waals surface area contributed by atoms with Gasteiger partial charge in [0.05, 0.1) is 18.3 Å². The van der Waals surface area contributed by atoms with Crippen LogP contribution in [0.25, 0.3) is 0 Å². The van der Waals surface area contributed by atoms with E-state index in [1.807, 2.05) is 13.8 Å². The largest absolute Gasteiger partial charge is 0.359 e. The van der Waals surface area contributed by atoms with E-state index >= 15 is 0 Å². The molecule has 0 aromatic carbocycles. The standard InChI is InChI=1S/C18H34O4/c1-8-9-16-17(22-18(5,6)21-16)14(4)10-11-15(13(2)3)20-12-19-7/h10-11,13-17H,8-9,12H2,1-7H3/b11-10-/t14?,15-,16+,17-/m1/s1. The van der Waals surface area contributed by atoms with Gasteiger partial charge in [0.15, 0.2) is 5.79 Å². The zero-order valence-corrected chi connectivity index (χ0v) is 15.3. The van der Waals surface area contributed by atoms with Gasteiger partial charge in [0.25, 0.3) is 0 Å². The molecule has 4 nitrogen and oxygen atoms in total. The third-order valence-corrected chi connectivity index (χ3v) is 3.95. The zero-order chi connectivity index (χ0) is 16.8. The summed E-state index contributed by atoms with van der Waals surface area (Å²) in [5.41, 5.74) is 0. The zero-order valence-electron chi connectivity index (χ0n) is 15.3. The summed E-state index contributed by atoms with van der Waals surface area (Å²) in [7, 11) is 1.64. The number of methoxy groups -OCH3 is 1. The average Bonchev–Trinajstić information content (AvgIpc) is 2.73. The van der Waals surface area contributed by atoms with Crippen LogP contribution in [0.5, 0.6) is 0 Å². The monoisotopic (exact) mass is 314 g/mol. The molecule has 1 fully saturated rings. The number of ether oxygens (including phenoxy) is 4. The Labute approximate surface area is 136 Å². The molecular weight excluding hydrogens is 280 g/mol. The molecule has 0 saturated carbocycles. The Morgan fingerprint density at radius 3 is 2.36 bits per heavy atom. The topological polar surface area (TPSA) is 36.9 Å². The van der Waals surface area contributed by atoms with Gasteiger partial charge in [0.1, 0.15) is 6.79 Å². The van der Waals surface area contributed by atoms with Crippen molar-refractivity contribution in [1.82, 2.24) is 0 Å². The van der Waals surface area contributed by atoms with Crippen LogP contribution in [0.4, 0.5) is 0 Å². The Kier molecular flexibility index (Phi) is 8.04. The Hall–Kier alpha value is -0.420. The van der Waals surface area contributed by atoms with Crippen molar-refractivity contribution in [2.24, 2.45) is 11.8 Å². The highest BCUT2D eigenvalue weighted by molar-refractivity contribution is 4.99. The molecule has 0 aromatic heterocycles. The molecule has 130 valence electrons. The lowest BCUT2D eigenvalue weighted by molar-refractivity contribution is -0.149. The van der Waals surface area contributed by atoms with Crippen molar-refractivity contribution in [2.45, 2.75) is 78.5 Å². The van der Waals surface area contributed by atoms with Gasteiger partial charge < -0.3 is 18.9 Å². The fraction of sp³-hybridized carbons (Fsp3) is 0.889. The van der Waals surface area contributed by atoms with E-state index < -0.39 is 5.79 Å². The van der Waals surface area contributed by atoms with E-state index in [0.29, 0.717) is 12.7 Å². The number of hydrogen-bond donors (Lipinski definition) is 0. The smallest absolute Gasteiger partial charge is 0.163 e. The second kappa shape index (κ2) is 9.02. The van der Waals surface area contributed by atoms with Crippen LogP contribution in [-0.4, -0.2) is 38.0 Å². The summed E-state index contributed by atoms with van der Waals surface area (Å²) in [6, 6.07) is 0. The van der Waals surface area contributed by atoms with E-state index in [1.54, 1.807) is 7.11 Å². The second-order valence-electron chi connectivity index (χ2n) is 6.95. The minimum absolute atomic E-state index is 0.0577. The van der Waals surface area contributed by atoms with Crippen molar-refractivity contribution >= 4 is 0 Å². The van der Waals surface area contributed by atoms with E-state index in [2.05, 4.69) is 39.8 Å². The summed E-state index contributed by atoms with van der Waals surface area (Å²) in [4.78, 5) is 0. The van der Waals surface area contributed by atoms with Gasteiger partial charge in [-0.25, -0.2) is 0 Å². The Bertz CT molecular complexity index is 338. The maximum Gasteiger partial charge on any atom is 0.163 e. The summed E-state index contributed by atoms with van der Waals surface area (Å²) in [6.45, 7) is 13.0. The molecule has 1 aliphatic rings. The molecular formula is C18H34O4. The Morgan fingerprint density at radius 2 is 1.82 bits per heavy atom. The maximum atomic E-state index is 6.11. The molecule has 1 aliphatic heterocycles. The predicted molar refractivity (Wildman–Crippen MR) is 88.6 cm³/mol. The lowest BCUT2D eigenvalue weighted by Gasteiger charge is -2.22. The molecule has 1 unspecified atom stereocenters. The van der Waals surface area contributed by atoms with Gasteiger partial charge >= 0.3 is 0 Å². The van der Waals surface area contributed by atoms with Crippen LogP contribution in [-0.2, 0) is 18.9 Å². The first-order chi connectivity index (χ1) is 10.3. The molecule has 0 spiro atoms. The molecule has 0 radical (unpaired) electrons. The van der Waals surface area contributed by atoms with E-state index in [4.69, 9.17) is 18.9 Å². The summed E-state index contributed by atoms with van der Waals surface area (Å²) in [5, 5.41) is 0. The average molecular weight is 314 g/mol. The van der Waals surface area contributed by atoms with Crippen molar-refractivity contribution in [2.75, 3.05) is 13.9 Å². The second-order valence-corrected chi connectivity index (χ2v) is 6.95. The van der Waals surface area contributed by atoms with Crippen molar-refractivity contribution in [1.29, 1.82) is 0 Å². The molecule has 1 rings (SSSR count). The quantitative estimate of drug-likeness (QED) is 0.473. The molecule has 0 aromatic rings. The summed E-state index contributed by atoms with van der Waals surface area (Å²) in [6.07, 6.45) is 6.77. The third-order valence-electron chi connectivity index (χ3n) is 3.95. The van der Waals surface area contributed by atoms with Crippen molar-refractivity contribution in [3.05, 3.63) is 12.2 Å². The normalized spacial score (nSPS) is 27.6. The Morgan fingerprint density at radius 1 is 1.14 bits per heavy atom. The fourth-order valence-electron chi connectivity index (χ4n) is 2.83. The van der Waals surface area contributed by atoms with Crippen LogP contribution >= 0.6 is 0 Å². The minimum atomic E-state index is -0.489. The summed E-state index contributed by atoms with van der Waals surface area (Å²) < 4.78 is 22.8. The lowest BCUT2D eigenvalue weighted by atomic mass is 9.95. The molecule has 22 heavy (non-hydrogen) atoms. The van der Waals surface area contributed by atoms with Gasteiger partial charge in [-0.3, -0.25) is 0 Å². The number of hydrogen-bond acceptors (Lipinski definition) is 4. The van der Waals surface area contributed by atoms with Gasteiger partial charge in [-0.15, -0.1) is 0 Å². The molecule has 1 heterocycles. The molecule has 0 N–H and O–H groups in total. The van der Waals surface area contributed by atoms with Gasteiger partial charge in [-0.1, -0.05) is 46.3 Å². The van der Waals surface area contributed by atoms with Crippen LogP contribution in [0.2, 0.25) is 0 Å². The van der Waals surface area contributed by atoms with Crippen LogP contribution < -0.4 is 0 Å². The first-order valence-corrected chi connectivity index (χ1v) is 8.45. The minimum Gasteiger partial charge on any atom is -0.359 e. The van der Waals surface area contributed by atoms with Crippen LogP contribution in [0.1, 0.15) is 54.4 Å². The SMILES string of the molecule is CCC[C@@H]1OC(C)(C)O[C@@H]1C(C)/C=C\[C@@H](OCOC)C(C)C. The lowest BCUT2D eigenvalue weighted by Crippen LogP contribution is -2.29. The van der Waals surface area contributed by atoms with Crippen LogP contribution in [0.3, 0.4) is 0 Å². The highest BCUT2D eigenvalue weighted by atomic mass is 16.8. The molecule has 4 atom stereocenters. The van der Waals surface area contributed by atoms with Crippen LogP contribution in [0, 0.1) is 11.8 Å². The predicted octanol–water partition coefficient (Wildman–Crippen LogP) is 4.14.